The summed E-state index contributed by atoms with van der Waals surface area (Å²) in [5, 5.41) is -3.67. The van der Waals surface area contributed by atoms with Crippen LogP contribution in [0.15, 0.2) is 54.4 Å². The molecular weight excluding hydrogens is 305 g/mol. The SMILES string of the molecule is [2H]c1c([2H])c([2H])c2c([C@@]([2H])(OC(C)=O)C(F)(F)F)c3c([2H])c([2H])c([2H])c([2H])c3c([2H])c2c1[2H]. The summed E-state index contributed by atoms with van der Waals surface area (Å²) < 4.78 is 127. The molecule has 3 aromatic rings. The Labute approximate surface area is 144 Å². The third-order valence-corrected chi connectivity index (χ3v) is 2.86. The van der Waals surface area contributed by atoms with Crippen LogP contribution in [0.1, 0.15) is 32.3 Å². The van der Waals surface area contributed by atoms with E-state index in [0.717, 1.165) is 0 Å². The van der Waals surface area contributed by atoms with Crippen LogP contribution in [0.25, 0.3) is 21.5 Å². The van der Waals surface area contributed by atoms with Gasteiger partial charge in [-0.2, -0.15) is 13.2 Å². The number of hydrogen-bond acceptors (Lipinski definition) is 2. The maximum absolute atomic E-state index is 14.2. The zero-order chi connectivity index (χ0) is 25.4. The molecule has 0 aliphatic carbocycles. The number of carbonyl (C=O) groups excluding carboxylic acids is 1. The standard InChI is InChI=1S/C18H13F3O2/c1-11(22)23-17(18(19,20)21)16-14-8-4-2-6-12(14)10-13-7-3-5-9-15(13)16/h2-10,17H,1H3/t17-/m1/s1/i2D,3D,4D,5D,6D,7D,8D,9D,10D,17D. The first-order valence-electron chi connectivity index (χ1n) is 11.2. The summed E-state index contributed by atoms with van der Waals surface area (Å²) in [5.74, 6) is -1.58. The van der Waals surface area contributed by atoms with Crippen molar-refractivity contribution >= 4 is 27.5 Å². The predicted octanol–water partition coefficient (Wildman–Crippen LogP) is 5.16. The first-order chi connectivity index (χ1) is 15.0. The Balaban J connectivity index is 2.92. The molecule has 1 atom stereocenters. The van der Waals surface area contributed by atoms with Crippen LogP contribution < -0.4 is 0 Å². The molecule has 0 radical (unpaired) electrons. The lowest BCUT2D eigenvalue weighted by Gasteiger charge is -2.23. The van der Waals surface area contributed by atoms with E-state index in [2.05, 4.69) is 4.74 Å². The van der Waals surface area contributed by atoms with Gasteiger partial charge in [0.05, 0.1) is 13.7 Å². The summed E-state index contributed by atoms with van der Waals surface area (Å²) in [6.45, 7) is 0.572. The van der Waals surface area contributed by atoms with Crippen molar-refractivity contribution in [3.8, 4) is 0 Å². The van der Waals surface area contributed by atoms with E-state index < -0.39 is 99.7 Å². The minimum absolute atomic E-state index is 0.572. The van der Waals surface area contributed by atoms with E-state index in [-0.39, 0.29) is 0 Å². The van der Waals surface area contributed by atoms with Crippen molar-refractivity contribution in [2.75, 3.05) is 0 Å². The first kappa shape index (κ1) is 7.34. The Morgan fingerprint density at radius 2 is 1.57 bits per heavy atom. The second-order valence-electron chi connectivity index (χ2n) is 4.42. The summed E-state index contributed by atoms with van der Waals surface area (Å²) in [7, 11) is 0. The van der Waals surface area contributed by atoms with Gasteiger partial charge in [0.1, 0.15) is 0 Å². The lowest BCUT2D eigenvalue weighted by molar-refractivity contribution is -0.222. The van der Waals surface area contributed by atoms with E-state index in [1.807, 2.05) is 0 Å². The molecule has 0 aliphatic heterocycles. The van der Waals surface area contributed by atoms with Gasteiger partial charge in [0.2, 0.25) is 6.08 Å². The summed E-state index contributed by atoms with van der Waals surface area (Å²) in [6, 6.07) is -8.87. The fourth-order valence-electron chi connectivity index (χ4n) is 2.06. The molecule has 3 aromatic carbocycles. The number of hydrogen-bond donors (Lipinski definition) is 0. The minimum atomic E-state index is -5.71. The number of rotatable bonds is 2. The maximum Gasteiger partial charge on any atom is 0.429 e. The van der Waals surface area contributed by atoms with Gasteiger partial charge < -0.3 is 4.74 Å². The van der Waals surface area contributed by atoms with Crippen LogP contribution in [0.4, 0.5) is 13.2 Å². The van der Waals surface area contributed by atoms with Gasteiger partial charge in [0.25, 0.3) is 0 Å². The van der Waals surface area contributed by atoms with Gasteiger partial charge in [-0.3, -0.25) is 4.79 Å². The molecule has 0 fully saturated rings. The molecule has 0 saturated carbocycles. The number of carbonyl (C=O) groups is 1. The van der Waals surface area contributed by atoms with Crippen LogP contribution in [0.2, 0.25) is 0 Å². The number of benzene rings is 3. The molecule has 0 unspecified atom stereocenters. The van der Waals surface area contributed by atoms with Crippen LogP contribution in [-0.4, -0.2) is 12.1 Å². The van der Waals surface area contributed by atoms with E-state index >= 15 is 0 Å². The zero-order valence-corrected chi connectivity index (χ0v) is 11.5. The van der Waals surface area contributed by atoms with Gasteiger partial charge in [0.15, 0.2) is 0 Å². The van der Waals surface area contributed by atoms with Gasteiger partial charge in [-0.05, 0) is 27.6 Å². The fraction of sp³-hybridized carbons (Fsp3) is 0.167. The highest BCUT2D eigenvalue weighted by atomic mass is 19.4. The van der Waals surface area contributed by atoms with Crippen molar-refractivity contribution in [1.82, 2.24) is 0 Å². The molecule has 118 valence electrons. The molecule has 0 aliphatic rings. The maximum atomic E-state index is 14.2. The molecule has 0 N–H and O–H groups in total. The molecule has 23 heavy (non-hydrogen) atoms. The van der Waals surface area contributed by atoms with Gasteiger partial charge >= 0.3 is 12.1 Å². The first-order valence-corrected chi connectivity index (χ1v) is 6.18. The Morgan fingerprint density at radius 3 is 2.00 bits per heavy atom. The van der Waals surface area contributed by atoms with Crippen LogP contribution >= 0.6 is 0 Å². The lowest BCUT2D eigenvalue weighted by Crippen LogP contribution is -2.25. The summed E-state index contributed by atoms with van der Waals surface area (Å²) in [5.41, 5.74) is -1.44. The quantitative estimate of drug-likeness (QED) is 0.480. The van der Waals surface area contributed by atoms with Crippen LogP contribution in [0.5, 0.6) is 0 Å². The lowest BCUT2D eigenvalue weighted by atomic mass is 9.93. The smallest absolute Gasteiger partial charge is 0.429 e. The molecule has 0 spiro atoms. The molecule has 0 amide bonds. The van der Waals surface area contributed by atoms with E-state index in [1.165, 1.54) is 0 Å². The van der Waals surface area contributed by atoms with E-state index in [1.54, 1.807) is 0 Å². The van der Waals surface area contributed by atoms with Crippen LogP contribution in [-0.2, 0) is 9.53 Å². The molecule has 3 rings (SSSR count). The van der Waals surface area contributed by atoms with Crippen molar-refractivity contribution in [1.29, 1.82) is 0 Å². The highest BCUT2D eigenvalue weighted by Gasteiger charge is 2.45. The summed E-state index contributed by atoms with van der Waals surface area (Å²) >= 11 is 0. The fourth-order valence-corrected chi connectivity index (χ4v) is 2.06. The number of fused-ring (bicyclic) bond motifs is 2. The Bertz CT molecular complexity index is 1290. The van der Waals surface area contributed by atoms with E-state index in [0.29, 0.717) is 6.92 Å². The highest BCUT2D eigenvalue weighted by Crippen LogP contribution is 2.42. The monoisotopic (exact) mass is 328 g/mol. The zero-order valence-electron chi connectivity index (χ0n) is 21.5. The molecular formula is C18H13F3O2. The molecule has 0 bridgehead atoms. The summed E-state index contributed by atoms with van der Waals surface area (Å²) in [4.78, 5) is 11.6. The number of alkyl halides is 3. The Hall–Kier alpha value is -2.56. The van der Waals surface area contributed by atoms with Crippen LogP contribution in [0.3, 0.4) is 0 Å². The van der Waals surface area contributed by atoms with Crippen LogP contribution in [0, 0.1) is 0 Å². The number of esters is 1. The van der Waals surface area contributed by atoms with Crippen molar-refractivity contribution in [3.63, 3.8) is 0 Å². The molecule has 0 aromatic heterocycles. The minimum Gasteiger partial charge on any atom is -0.448 e. The summed E-state index contributed by atoms with van der Waals surface area (Å²) in [6.07, 6.45) is -10.0. The molecule has 5 heteroatoms. The second kappa shape index (κ2) is 5.57. The average Bonchev–Trinajstić information content (AvgIpc) is 2.70. The van der Waals surface area contributed by atoms with Gasteiger partial charge in [-0.25, -0.2) is 0 Å². The normalized spacial score (nSPS) is 20.7. The van der Waals surface area contributed by atoms with Crippen molar-refractivity contribution in [3.05, 3.63) is 59.9 Å². The Morgan fingerprint density at radius 1 is 1.09 bits per heavy atom. The van der Waals surface area contributed by atoms with Crippen molar-refractivity contribution in [2.45, 2.75) is 19.2 Å². The Kier molecular flexibility index (Phi) is 1.78. The molecule has 0 heterocycles. The number of halogens is 3. The third kappa shape index (κ3) is 2.86. The van der Waals surface area contributed by atoms with Gasteiger partial charge in [-0.1, -0.05) is 48.3 Å². The third-order valence-electron chi connectivity index (χ3n) is 2.86. The van der Waals surface area contributed by atoms with Crippen molar-refractivity contribution in [2.24, 2.45) is 0 Å². The highest BCUT2D eigenvalue weighted by molar-refractivity contribution is 6.02. The van der Waals surface area contributed by atoms with E-state index in [4.69, 9.17) is 13.7 Å². The molecule has 0 saturated heterocycles. The molecule has 2 nitrogen and oxygen atoms in total. The average molecular weight is 328 g/mol. The predicted molar refractivity (Wildman–Crippen MR) is 82.0 cm³/mol. The number of ether oxygens (including phenoxy) is 1. The second-order valence-corrected chi connectivity index (χ2v) is 4.42. The van der Waals surface area contributed by atoms with E-state index in [9.17, 15) is 18.0 Å². The van der Waals surface area contributed by atoms with Gasteiger partial charge in [-0.15, -0.1) is 0 Å². The topological polar surface area (TPSA) is 26.3 Å². The largest absolute Gasteiger partial charge is 0.448 e. The van der Waals surface area contributed by atoms with Gasteiger partial charge in [0, 0.05) is 12.5 Å². The van der Waals surface area contributed by atoms with Crippen molar-refractivity contribution < 1.29 is 36.4 Å².